The number of carbonyl (C=O) groups excluding carboxylic acids is 1. The molecule has 0 radical (unpaired) electrons. The average Bonchev–Trinajstić information content (AvgIpc) is 2.84. The third-order valence-corrected chi connectivity index (χ3v) is 3.86. The van der Waals surface area contributed by atoms with Gasteiger partial charge >= 0.3 is 0 Å². The zero-order valence-corrected chi connectivity index (χ0v) is 13.9. The van der Waals surface area contributed by atoms with Gasteiger partial charge in [-0.15, -0.1) is 0 Å². The predicted molar refractivity (Wildman–Crippen MR) is 87.0 cm³/mol. The summed E-state index contributed by atoms with van der Waals surface area (Å²) < 4.78 is 5.18. The number of pyridine rings is 1. The van der Waals surface area contributed by atoms with Crippen LogP contribution in [0.1, 0.15) is 67.7 Å². The van der Waals surface area contributed by atoms with Crippen LogP contribution in [0.25, 0.3) is 11.1 Å². The van der Waals surface area contributed by atoms with Crippen LogP contribution in [-0.2, 0) is 0 Å². The number of nitrogens with zero attached hydrogens (tertiary/aromatic N) is 2. The van der Waals surface area contributed by atoms with Crippen LogP contribution < -0.4 is 5.32 Å². The molecule has 0 aromatic carbocycles. The quantitative estimate of drug-likeness (QED) is 0.787. The van der Waals surface area contributed by atoms with E-state index in [2.05, 4.69) is 29.3 Å². The van der Waals surface area contributed by atoms with Crippen molar-refractivity contribution < 1.29 is 9.32 Å². The smallest absolute Gasteiger partial charge is 0.258 e. The second-order valence-corrected chi connectivity index (χ2v) is 5.98. The molecule has 0 fully saturated rings. The molecule has 1 atom stereocenters. The molecular formula is C17H25N3O2. The molecule has 0 aliphatic carbocycles. The number of hydrogen-bond acceptors (Lipinski definition) is 4. The molecule has 0 spiro atoms. The van der Waals surface area contributed by atoms with Gasteiger partial charge in [0, 0.05) is 11.7 Å². The molecule has 2 rings (SSSR count). The first-order chi connectivity index (χ1) is 10.5. The fraction of sp³-hybridized carbons (Fsp3) is 0.588. The Labute approximate surface area is 131 Å². The van der Waals surface area contributed by atoms with Crippen LogP contribution in [-0.4, -0.2) is 22.1 Å². The first kappa shape index (κ1) is 16.5. The van der Waals surface area contributed by atoms with E-state index >= 15 is 0 Å². The van der Waals surface area contributed by atoms with E-state index in [-0.39, 0.29) is 11.9 Å². The molecule has 0 saturated carbocycles. The second-order valence-electron chi connectivity index (χ2n) is 5.98. The number of amides is 1. The Balaban J connectivity index is 2.08. The van der Waals surface area contributed by atoms with Gasteiger partial charge in [0.1, 0.15) is 0 Å². The molecule has 120 valence electrons. The van der Waals surface area contributed by atoms with Gasteiger partial charge in [-0.3, -0.25) is 4.79 Å². The summed E-state index contributed by atoms with van der Waals surface area (Å²) >= 11 is 0. The van der Waals surface area contributed by atoms with Crippen molar-refractivity contribution in [2.24, 2.45) is 0 Å². The van der Waals surface area contributed by atoms with Gasteiger partial charge in [0.25, 0.3) is 11.6 Å². The minimum Gasteiger partial charge on any atom is -0.350 e. The zero-order valence-electron chi connectivity index (χ0n) is 13.9. The molecule has 0 bridgehead atoms. The van der Waals surface area contributed by atoms with Crippen molar-refractivity contribution in [2.75, 3.05) is 0 Å². The van der Waals surface area contributed by atoms with Crippen LogP contribution in [0.4, 0.5) is 0 Å². The molecule has 0 unspecified atom stereocenters. The lowest BCUT2D eigenvalue weighted by Crippen LogP contribution is -2.32. The van der Waals surface area contributed by atoms with Gasteiger partial charge in [-0.1, -0.05) is 37.8 Å². The third-order valence-electron chi connectivity index (χ3n) is 3.86. The van der Waals surface area contributed by atoms with Gasteiger partial charge in [-0.05, 0) is 33.3 Å². The first-order valence-corrected chi connectivity index (χ1v) is 8.07. The number of rotatable bonds is 7. The van der Waals surface area contributed by atoms with E-state index in [0.717, 1.165) is 18.5 Å². The number of aryl methyl sites for hydroxylation is 2. The van der Waals surface area contributed by atoms with Crippen LogP contribution in [0.5, 0.6) is 0 Å². The number of aromatic nitrogens is 2. The first-order valence-electron chi connectivity index (χ1n) is 8.07. The monoisotopic (exact) mass is 303 g/mol. The standard InChI is InChI=1S/C17H25N3O2/c1-5-6-7-8-9-11(2)18-16(21)14-10-12(3)19-17-15(14)13(4)20-22-17/h10-11H,5-9H2,1-4H3,(H,18,21)/t11-/m1/s1. The highest BCUT2D eigenvalue weighted by Crippen LogP contribution is 2.22. The van der Waals surface area contributed by atoms with E-state index in [1.54, 1.807) is 6.07 Å². The van der Waals surface area contributed by atoms with Crippen LogP contribution in [0.15, 0.2) is 10.6 Å². The highest BCUT2D eigenvalue weighted by atomic mass is 16.5. The molecule has 5 heteroatoms. The number of nitrogens with one attached hydrogen (secondary N) is 1. The fourth-order valence-electron chi connectivity index (χ4n) is 2.65. The summed E-state index contributed by atoms with van der Waals surface area (Å²) in [5.74, 6) is -0.0789. The summed E-state index contributed by atoms with van der Waals surface area (Å²) in [6.07, 6.45) is 5.85. The summed E-state index contributed by atoms with van der Waals surface area (Å²) in [5.41, 5.74) is 2.48. The Morgan fingerprint density at radius 3 is 2.82 bits per heavy atom. The van der Waals surface area contributed by atoms with Crippen molar-refractivity contribution in [3.05, 3.63) is 23.0 Å². The largest absolute Gasteiger partial charge is 0.350 e. The van der Waals surface area contributed by atoms with Gasteiger partial charge in [-0.2, -0.15) is 0 Å². The normalized spacial score (nSPS) is 12.5. The number of carbonyl (C=O) groups is 1. The summed E-state index contributed by atoms with van der Waals surface area (Å²) in [5, 5.41) is 7.69. The minimum absolute atomic E-state index is 0.0789. The maximum Gasteiger partial charge on any atom is 0.258 e. The molecule has 5 nitrogen and oxygen atoms in total. The van der Waals surface area contributed by atoms with Gasteiger partial charge in [0.2, 0.25) is 0 Å². The maximum absolute atomic E-state index is 12.6. The summed E-state index contributed by atoms with van der Waals surface area (Å²) in [6.45, 7) is 7.93. The lowest BCUT2D eigenvalue weighted by atomic mass is 10.1. The lowest BCUT2D eigenvalue weighted by molar-refractivity contribution is 0.0939. The summed E-state index contributed by atoms with van der Waals surface area (Å²) in [7, 11) is 0. The highest BCUT2D eigenvalue weighted by Gasteiger charge is 2.18. The van der Waals surface area contributed by atoms with E-state index in [4.69, 9.17) is 4.52 Å². The number of hydrogen-bond donors (Lipinski definition) is 1. The summed E-state index contributed by atoms with van der Waals surface area (Å²) in [4.78, 5) is 16.8. The second kappa shape index (κ2) is 7.38. The van der Waals surface area contributed by atoms with Crippen LogP contribution >= 0.6 is 0 Å². The van der Waals surface area contributed by atoms with Crippen LogP contribution in [0.3, 0.4) is 0 Å². The van der Waals surface area contributed by atoms with E-state index in [9.17, 15) is 4.79 Å². The topological polar surface area (TPSA) is 68.0 Å². The summed E-state index contributed by atoms with van der Waals surface area (Å²) in [6, 6.07) is 1.96. The maximum atomic E-state index is 12.6. The van der Waals surface area contributed by atoms with Gasteiger partial charge in [-0.25, -0.2) is 4.98 Å². The van der Waals surface area contributed by atoms with E-state index in [0.29, 0.717) is 22.4 Å². The molecule has 22 heavy (non-hydrogen) atoms. The number of unbranched alkanes of at least 4 members (excludes halogenated alkanes) is 3. The minimum atomic E-state index is -0.0789. The van der Waals surface area contributed by atoms with Crippen molar-refractivity contribution in [1.82, 2.24) is 15.5 Å². The molecule has 2 aromatic heterocycles. The Morgan fingerprint density at radius 1 is 1.32 bits per heavy atom. The highest BCUT2D eigenvalue weighted by molar-refractivity contribution is 6.06. The fourth-order valence-corrected chi connectivity index (χ4v) is 2.65. The molecule has 1 amide bonds. The Morgan fingerprint density at radius 2 is 2.09 bits per heavy atom. The SMILES string of the molecule is CCCCCC[C@@H](C)NC(=O)c1cc(C)nc2onc(C)c12. The van der Waals surface area contributed by atoms with Crippen molar-refractivity contribution in [3.8, 4) is 0 Å². The molecular weight excluding hydrogens is 278 g/mol. The van der Waals surface area contributed by atoms with Gasteiger partial charge < -0.3 is 9.84 Å². The van der Waals surface area contributed by atoms with Crippen molar-refractivity contribution in [3.63, 3.8) is 0 Å². The van der Waals surface area contributed by atoms with Crippen molar-refractivity contribution in [2.45, 2.75) is 65.8 Å². The van der Waals surface area contributed by atoms with Crippen LogP contribution in [0.2, 0.25) is 0 Å². The van der Waals surface area contributed by atoms with E-state index < -0.39 is 0 Å². The molecule has 0 aliphatic rings. The van der Waals surface area contributed by atoms with Crippen LogP contribution in [0, 0.1) is 13.8 Å². The van der Waals surface area contributed by atoms with Crippen molar-refractivity contribution >= 4 is 17.0 Å². The zero-order chi connectivity index (χ0) is 16.1. The third kappa shape index (κ3) is 3.84. The van der Waals surface area contributed by atoms with Gasteiger partial charge in [0.05, 0.1) is 16.6 Å². The molecule has 1 N–H and O–H groups in total. The Bertz CT molecular complexity index is 649. The van der Waals surface area contributed by atoms with E-state index in [1.807, 2.05) is 13.8 Å². The molecule has 2 heterocycles. The average molecular weight is 303 g/mol. The van der Waals surface area contributed by atoms with E-state index in [1.165, 1.54) is 19.3 Å². The molecule has 0 aliphatic heterocycles. The van der Waals surface area contributed by atoms with Crippen molar-refractivity contribution in [1.29, 1.82) is 0 Å². The molecule has 2 aromatic rings. The Hall–Kier alpha value is -1.91. The lowest BCUT2D eigenvalue weighted by Gasteiger charge is -2.14. The Kier molecular flexibility index (Phi) is 5.52. The molecule has 0 saturated heterocycles. The number of fused-ring (bicyclic) bond motifs is 1. The van der Waals surface area contributed by atoms with Gasteiger partial charge in [0.15, 0.2) is 0 Å². The predicted octanol–water partition coefficient (Wildman–Crippen LogP) is 3.93.